The first-order valence-electron chi connectivity index (χ1n) is 15.9. The van der Waals surface area contributed by atoms with Gasteiger partial charge in [-0.2, -0.15) is 9.97 Å². The third-order valence-corrected chi connectivity index (χ3v) is 7.93. The molecule has 43 heavy (non-hydrogen) atoms. The number of carbonyl (C=O) groups excluding carboxylic acids is 1. The number of benzene rings is 1. The average molecular weight is 589 g/mol. The molecule has 0 radical (unpaired) electrons. The molecule has 9 heteroatoms. The van der Waals surface area contributed by atoms with Crippen LogP contribution in [0.25, 0.3) is 11.2 Å². The summed E-state index contributed by atoms with van der Waals surface area (Å²) in [4.78, 5) is 41.9. The summed E-state index contributed by atoms with van der Waals surface area (Å²) in [7, 11) is 0. The van der Waals surface area contributed by atoms with Gasteiger partial charge < -0.3 is 14.6 Å². The Morgan fingerprint density at radius 1 is 1.00 bits per heavy atom. The highest BCUT2D eigenvalue weighted by molar-refractivity contribution is 5.94. The van der Waals surface area contributed by atoms with Crippen molar-refractivity contribution in [3.05, 3.63) is 75.4 Å². The number of allylic oxidation sites excluding steroid dienone is 3. The molecule has 2 aromatic heterocycles. The van der Waals surface area contributed by atoms with E-state index in [0.717, 1.165) is 88.9 Å². The average Bonchev–Trinajstić information content (AvgIpc) is 3.27. The van der Waals surface area contributed by atoms with Gasteiger partial charge in [0.1, 0.15) is 5.52 Å². The van der Waals surface area contributed by atoms with Crippen LogP contribution in [0.4, 0.5) is 0 Å². The molecule has 1 aromatic carbocycles. The van der Waals surface area contributed by atoms with Gasteiger partial charge in [0.15, 0.2) is 11.4 Å². The van der Waals surface area contributed by atoms with Crippen molar-refractivity contribution in [1.82, 2.24) is 29.3 Å². The molecule has 4 rings (SSSR count). The molecule has 232 valence electrons. The highest BCUT2D eigenvalue weighted by Crippen LogP contribution is 2.17. The van der Waals surface area contributed by atoms with Crippen molar-refractivity contribution >= 4 is 16.9 Å². The van der Waals surface area contributed by atoms with Crippen LogP contribution < -0.4 is 10.4 Å². The van der Waals surface area contributed by atoms with Crippen molar-refractivity contribution in [2.45, 2.75) is 79.3 Å². The van der Waals surface area contributed by atoms with E-state index in [2.05, 4.69) is 62.9 Å². The number of aromatic amines is 1. The summed E-state index contributed by atoms with van der Waals surface area (Å²) in [5.74, 6) is 0.0778. The van der Waals surface area contributed by atoms with Crippen LogP contribution in [0.3, 0.4) is 0 Å². The van der Waals surface area contributed by atoms with Crippen molar-refractivity contribution in [2.24, 2.45) is 0 Å². The Bertz CT molecular complexity index is 1470. The molecule has 3 aromatic rings. The Hall–Kier alpha value is -3.56. The fourth-order valence-corrected chi connectivity index (χ4v) is 5.45. The first-order chi connectivity index (χ1) is 20.9. The molecule has 9 nitrogen and oxygen atoms in total. The highest BCUT2D eigenvalue weighted by atomic mass is 16.5. The van der Waals surface area contributed by atoms with E-state index in [4.69, 9.17) is 4.74 Å². The maximum atomic E-state index is 12.9. The van der Waals surface area contributed by atoms with E-state index in [0.29, 0.717) is 36.0 Å². The number of hydrogen-bond acceptors (Lipinski definition) is 7. The molecule has 0 saturated carbocycles. The summed E-state index contributed by atoms with van der Waals surface area (Å²) >= 11 is 0. The normalized spacial score (nSPS) is 12.7. The Labute approximate surface area is 255 Å². The van der Waals surface area contributed by atoms with Gasteiger partial charge in [-0.05, 0) is 82.8 Å². The first kappa shape index (κ1) is 32.4. The Kier molecular flexibility index (Phi) is 12.3. The largest absolute Gasteiger partial charge is 0.463 e. The van der Waals surface area contributed by atoms with E-state index in [1.54, 1.807) is 11.5 Å². The van der Waals surface area contributed by atoms with E-state index >= 15 is 0 Å². The number of H-pyrrole nitrogens is 1. The van der Waals surface area contributed by atoms with Crippen LogP contribution in [0, 0.1) is 6.92 Å². The predicted octanol–water partition coefficient (Wildman–Crippen LogP) is 5.69. The van der Waals surface area contributed by atoms with Crippen LogP contribution in [0.1, 0.15) is 80.9 Å². The molecule has 2 heterocycles. The standard InChI is InChI=1S/C34H48N6O3/c1-5-7-23-43-33-35-26(3)31-32(37-33)40(34(42)36-31)21-11-20-39(25-29-14-9-15-30(24-29)27(4)41)19-10-18-38(17-6-2)22-16-28-12-8-13-28/h8-9,12-15,24H,5-7,10-11,16-23,25H2,1-4H3,(H,36,42). The van der Waals surface area contributed by atoms with Crippen LogP contribution in [-0.4, -0.2) is 74.4 Å². The lowest BCUT2D eigenvalue weighted by molar-refractivity contribution is 0.101. The van der Waals surface area contributed by atoms with E-state index in [9.17, 15) is 9.59 Å². The molecule has 0 fully saturated rings. The number of aromatic nitrogens is 4. The van der Waals surface area contributed by atoms with Gasteiger partial charge in [-0.1, -0.05) is 56.7 Å². The van der Waals surface area contributed by atoms with Crippen molar-refractivity contribution < 1.29 is 9.53 Å². The molecule has 0 unspecified atom stereocenters. The second-order valence-corrected chi connectivity index (χ2v) is 11.5. The zero-order valence-electron chi connectivity index (χ0n) is 26.4. The van der Waals surface area contributed by atoms with Crippen LogP contribution in [-0.2, 0) is 13.1 Å². The number of nitrogens with zero attached hydrogens (tertiary/aromatic N) is 5. The molecular weight excluding hydrogens is 540 g/mol. The number of aryl methyl sites for hydroxylation is 2. The molecule has 0 saturated heterocycles. The number of unbranched alkanes of at least 4 members (excludes halogenated alkanes) is 1. The number of ketones is 1. The van der Waals surface area contributed by atoms with Gasteiger partial charge in [0.2, 0.25) is 0 Å². The van der Waals surface area contributed by atoms with Gasteiger partial charge in [-0.25, -0.2) is 4.79 Å². The molecule has 1 N–H and O–H groups in total. The molecule has 0 atom stereocenters. The van der Waals surface area contributed by atoms with E-state index < -0.39 is 0 Å². The number of rotatable bonds is 20. The zero-order chi connectivity index (χ0) is 30.6. The van der Waals surface area contributed by atoms with Crippen LogP contribution >= 0.6 is 0 Å². The van der Waals surface area contributed by atoms with E-state index in [-0.39, 0.29) is 11.5 Å². The molecule has 1 aliphatic carbocycles. The third-order valence-electron chi connectivity index (χ3n) is 7.93. The van der Waals surface area contributed by atoms with Gasteiger partial charge in [0, 0.05) is 31.7 Å². The fourth-order valence-electron chi connectivity index (χ4n) is 5.45. The summed E-state index contributed by atoms with van der Waals surface area (Å²) < 4.78 is 7.47. The minimum Gasteiger partial charge on any atom is -0.463 e. The van der Waals surface area contributed by atoms with Crippen LogP contribution in [0.2, 0.25) is 0 Å². The molecular formula is C34H48N6O3. The molecule has 1 aliphatic rings. The van der Waals surface area contributed by atoms with Crippen molar-refractivity contribution in [1.29, 1.82) is 0 Å². The lowest BCUT2D eigenvalue weighted by Gasteiger charge is -2.26. The molecule has 0 amide bonds. The van der Waals surface area contributed by atoms with Gasteiger partial charge in [-0.15, -0.1) is 0 Å². The van der Waals surface area contributed by atoms with E-state index in [1.807, 2.05) is 25.1 Å². The zero-order valence-corrected chi connectivity index (χ0v) is 26.4. The molecule has 0 bridgehead atoms. The summed E-state index contributed by atoms with van der Waals surface area (Å²) in [6.07, 6.45) is 12.6. The summed E-state index contributed by atoms with van der Waals surface area (Å²) in [5.41, 5.74) is 5.09. The highest BCUT2D eigenvalue weighted by Gasteiger charge is 2.15. The third kappa shape index (κ3) is 9.46. The number of carbonyl (C=O) groups is 1. The van der Waals surface area contributed by atoms with Gasteiger partial charge in [0.25, 0.3) is 0 Å². The number of imidazole rings is 1. The monoisotopic (exact) mass is 588 g/mol. The first-order valence-corrected chi connectivity index (χ1v) is 15.9. The lowest BCUT2D eigenvalue weighted by Crippen LogP contribution is -2.32. The van der Waals surface area contributed by atoms with Gasteiger partial charge >= 0.3 is 11.7 Å². The predicted molar refractivity (Wildman–Crippen MR) is 173 cm³/mol. The number of nitrogens with one attached hydrogen (secondary N) is 1. The topological polar surface area (TPSA) is 96.4 Å². The second kappa shape index (κ2) is 16.3. The molecule has 0 spiro atoms. The van der Waals surface area contributed by atoms with Crippen molar-refractivity contribution in [2.75, 3.05) is 39.3 Å². The van der Waals surface area contributed by atoms with Crippen LogP contribution in [0.15, 0.2) is 52.9 Å². The quantitative estimate of drug-likeness (QED) is 0.134. The summed E-state index contributed by atoms with van der Waals surface area (Å²) in [6.45, 7) is 14.7. The number of fused-ring (bicyclic) bond motifs is 1. The Balaban J connectivity index is 1.42. The maximum absolute atomic E-state index is 12.9. The fraction of sp³-hybridized carbons (Fsp3) is 0.529. The number of hydrogen-bond donors (Lipinski definition) is 1. The number of Topliss-reactive ketones (excluding diaryl/α,β-unsaturated/α-hetero) is 1. The summed E-state index contributed by atoms with van der Waals surface area (Å²) in [5, 5.41) is 0. The van der Waals surface area contributed by atoms with Gasteiger partial charge in [-0.3, -0.25) is 14.3 Å². The second-order valence-electron chi connectivity index (χ2n) is 11.5. The SMILES string of the molecule is CCCCOc1nc(C)c2[nH]c(=O)n(CCCN(CCCN(CCC)CCC3=CC=C3)Cc3cccc(C(C)=O)c3)c2n1. The van der Waals surface area contributed by atoms with Crippen molar-refractivity contribution in [3.63, 3.8) is 0 Å². The lowest BCUT2D eigenvalue weighted by atomic mass is 10.0. The van der Waals surface area contributed by atoms with E-state index in [1.165, 1.54) is 5.57 Å². The maximum Gasteiger partial charge on any atom is 0.327 e. The number of ether oxygens (including phenoxy) is 1. The van der Waals surface area contributed by atoms with Crippen LogP contribution in [0.5, 0.6) is 6.01 Å². The minimum absolute atomic E-state index is 0.0778. The summed E-state index contributed by atoms with van der Waals surface area (Å²) in [6, 6.07) is 8.25. The van der Waals surface area contributed by atoms with Crippen molar-refractivity contribution in [3.8, 4) is 6.01 Å². The Morgan fingerprint density at radius 2 is 1.79 bits per heavy atom. The minimum atomic E-state index is -0.176. The molecule has 0 aliphatic heterocycles. The van der Waals surface area contributed by atoms with Gasteiger partial charge in [0.05, 0.1) is 12.3 Å². The smallest absolute Gasteiger partial charge is 0.327 e. The Morgan fingerprint density at radius 3 is 2.51 bits per heavy atom.